The summed E-state index contributed by atoms with van der Waals surface area (Å²) < 4.78 is 8.02. The van der Waals surface area contributed by atoms with Crippen LogP contribution in [0.4, 0.5) is 0 Å². The third-order valence-corrected chi connectivity index (χ3v) is 5.76. The SMILES string of the molecule is C=C(Cl)/N=C1\C(=C(C)C)N=C(NCc2ccc(S(=N)CC)cc2)C(=O)N1C(C)C. The van der Waals surface area contributed by atoms with E-state index in [2.05, 4.69) is 21.9 Å². The van der Waals surface area contributed by atoms with Crippen LogP contribution >= 0.6 is 11.6 Å². The summed E-state index contributed by atoms with van der Waals surface area (Å²) in [7, 11) is -0.484. The van der Waals surface area contributed by atoms with Crippen LogP contribution in [-0.4, -0.2) is 34.3 Å². The molecule has 0 fully saturated rings. The summed E-state index contributed by atoms with van der Waals surface area (Å²) >= 11 is 5.90. The third-order valence-electron chi connectivity index (χ3n) is 4.26. The quantitative estimate of drug-likeness (QED) is 0.643. The number of hydrogen-bond acceptors (Lipinski definition) is 5. The first kappa shape index (κ1) is 23.0. The Morgan fingerprint density at radius 1 is 1.34 bits per heavy atom. The van der Waals surface area contributed by atoms with Crippen molar-refractivity contribution in [1.82, 2.24) is 10.2 Å². The first-order valence-electron chi connectivity index (χ1n) is 9.43. The fourth-order valence-corrected chi connectivity index (χ4v) is 3.69. The predicted octanol–water partition coefficient (Wildman–Crippen LogP) is 4.59. The van der Waals surface area contributed by atoms with E-state index in [1.807, 2.05) is 58.9 Å². The minimum atomic E-state index is -0.484. The molecule has 1 amide bonds. The topological polar surface area (TPSA) is 80.9 Å². The van der Waals surface area contributed by atoms with Gasteiger partial charge in [-0.1, -0.05) is 47.9 Å². The molecule has 1 unspecified atom stereocenters. The summed E-state index contributed by atoms with van der Waals surface area (Å²) in [6, 6.07) is 7.78. The molecule has 0 saturated carbocycles. The normalized spacial score (nSPS) is 16.9. The smallest absolute Gasteiger partial charge is 0.295 e. The summed E-state index contributed by atoms with van der Waals surface area (Å²) in [6.07, 6.45) is 0. The van der Waals surface area contributed by atoms with Crippen molar-refractivity contribution in [2.45, 2.75) is 52.1 Å². The van der Waals surface area contributed by atoms with Crippen molar-refractivity contribution in [3.63, 3.8) is 0 Å². The van der Waals surface area contributed by atoms with E-state index in [4.69, 9.17) is 16.4 Å². The zero-order valence-electron chi connectivity index (χ0n) is 17.5. The van der Waals surface area contributed by atoms with Crippen molar-refractivity contribution in [1.29, 1.82) is 4.78 Å². The lowest BCUT2D eigenvalue weighted by atomic mass is 10.1. The van der Waals surface area contributed by atoms with Crippen molar-refractivity contribution >= 4 is 39.9 Å². The molecule has 0 bridgehead atoms. The highest BCUT2D eigenvalue weighted by atomic mass is 35.5. The molecule has 1 aliphatic rings. The molecular formula is C21H28ClN5OS. The van der Waals surface area contributed by atoms with Gasteiger partial charge < -0.3 is 5.32 Å². The maximum Gasteiger partial charge on any atom is 0.295 e. The first-order chi connectivity index (χ1) is 13.6. The number of benzene rings is 1. The predicted molar refractivity (Wildman–Crippen MR) is 122 cm³/mol. The maximum absolute atomic E-state index is 13.1. The van der Waals surface area contributed by atoms with Gasteiger partial charge in [-0.15, -0.1) is 0 Å². The molecule has 1 aromatic rings. The molecule has 0 saturated heterocycles. The number of carbonyl (C=O) groups is 1. The van der Waals surface area contributed by atoms with Crippen LogP contribution in [0.1, 0.15) is 40.2 Å². The number of allylic oxidation sites excluding steroid dienone is 1. The lowest BCUT2D eigenvalue weighted by Crippen LogP contribution is -2.52. The Labute approximate surface area is 180 Å². The highest BCUT2D eigenvalue weighted by Gasteiger charge is 2.34. The second-order valence-corrected chi connectivity index (χ2v) is 9.33. The zero-order valence-corrected chi connectivity index (χ0v) is 19.1. The molecule has 6 nitrogen and oxygen atoms in total. The van der Waals surface area contributed by atoms with Crippen molar-refractivity contribution in [2.75, 3.05) is 5.75 Å². The number of amides is 1. The lowest BCUT2D eigenvalue weighted by Gasteiger charge is -2.32. The second kappa shape index (κ2) is 9.98. The van der Waals surface area contributed by atoms with Crippen LogP contribution in [0.3, 0.4) is 0 Å². The number of nitrogens with one attached hydrogen (secondary N) is 2. The van der Waals surface area contributed by atoms with Gasteiger partial charge in [0.1, 0.15) is 10.9 Å². The molecule has 0 radical (unpaired) electrons. The van der Waals surface area contributed by atoms with Gasteiger partial charge in [-0.3, -0.25) is 14.5 Å². The summed E-state index contributed by atoms with van der Waals surface area (Å²) in [5, 5.41) is 3.26. The van der Waals surface area contributed by atoms with E-state index in [1.54, 1.807) is 4.90 Å². The van der Waals surface area contributed by atoms with Gasteiger partial charge in [0.05, 0.1) is 0 Å². The Bertz CT molecular complexity index is 912. The monoisotopic (exact) mass is 433 g/mol. The van der Waals surface area contributed by atoms with Gasteiger partial charge in [0.15, 0.2) is 11.7 Å². The Hall–Kier alpha value is -2.25. The number of rotatable bonds is 6. The van der Waals surface area contributed by atoms with Crippen LogP contribution in [-0.2, 0) is 22.0 Å². The van der Waals surface area contributed by atoms with E-state index in [1.165, 1.54) is 0 Å². The molecule has 0 spiro atoms. The third kappa shape index (κ3) is 5.64. The Morgan fingerprint density at radius 2 is 1.97 bits per heavy atom. The standard InChI is InChI=1S/C21H28ClN5OS/c1-7-29(23)17-10-8-16(9-11-17)12-24-19-21(28)27(14(4)5)20(25-15(6)22)18(26-19)13(2)3/h8-11,14,23H,6-7,12H2,1-5H3,(H,24,26)/b25-20+. The summed E-state index contributed by atoms with van der Waals surface area (Å²) in [5.41, 5.74) is 2.55. The molecule has 2 N–H and O–H groups in total. The largest absolute Gasteiger partial charge is 0.361 e. The van der Waals surface area contributed by atoms with Gasteiger partial charge in [-0.25, -0.2) is 9.98 Å². The molecular weight excluding hydrogens is 406 g/mol. The van der Waals surface area contributed by atoms with Gasteiger partial charge in [-0.2, -0.15) is 0 Å². The molecule has 2 rings (SSSR count). The molecule has 1 atom stereocenters. The fourth-order valence-electron chi connectivity index (χ4n) is 2.81. The molecule has 8 heteroatoms. The second-order valence-electron chi connectivity index (χ2n) is 7.07. The zero-order chi connectivity index (χ0) is 21.7. The average molecular weight is 434 g/mol. The summed E-state index contributed by atoms with van der Waals surface area (Å²) in [6.45, 7) is 13.8. The van der Waals surface area contributed by atoms with E-state index in [0.29, 0.717) is 18.1 Å². The molecule has 1 aliphatic heterocycles. The number of nitrogens with zero attached hydrogens (tertiary/aromatic N) is 3. The van der Waals surface area contributed by atoms with Crippen molar-refractivity contribution in [2.24, 2.45) is 9.98 Å². The molecule has 0 aliphatic carbocycles. The van der Waals surface area contributed by atoms with E-state index >= 15 is 0 Å². The van der Waals surface area contributed by atoms with Crippen LogP contribution in [0.5, 0.6) is 0 Å². The molecule has 0 aromatic heterocycles. The van der Waals surface area contributed by atoms with Gasteiger partial charge >= 0.3 is 0 Å². The van der Waals surface area contributed by atoms with Gasteiger partial charge in [0, 0.05) is 23.2 Å². The van der Waals surface area contributed by atoms with E-state index < -0.39 is 10.7 Å². The van der Waals surface area contributed by atoms with Crippen molar-refractivity contribution < 1.29 is 4.79 Å². The van der Waals surface area contributed by atoms with Crippen LogP contribution in [0.2, 0.25) is 0 Å². The van der Waals surface area contributed by atoms with Crippen LogP contribution in [0.15, 0.2) is 62.2 Å². The number of hydrogen-bond donors (Lipinski definition) is 2. The maximum atomic E-state index is 13.1. The lowest BCUT2D eigenvalue weighted by molar-refractivity contribution is -0.122. The highest BCUT2D eigenvalue weighted by molar-refractivity contribution is 7.86. The minimum Gasteiger partial charge on any atom is -0.361 e. The molecule has 1 heterocycles. The highest BCUT2D eigenvalue weighted by Crippen LogP contribution is 2.21. The van der Waals surface area contributed by atoms with E-state index in [9.17, 15) is 4.79 Å². The molecule has 156 valence electrons. The summed E-state index contributed by atoms with van der Waals surface area (Å²) in [5.74, 6) is 1.24. The number of halogens is 1. The Balaban J connectivity index is 2.32. The van der Waals surface area contributed by atoms with Crippen molar-refractivity contribution in [3.05, 3.63) is 52.8 Å². The fraction of sp³-hybridized carbons (Fsp3) is 0.381. The number of aliphatic imine (C=N–C) groups is 2. The number of carbonyl (C=O) groups excluding carboxylic acids is 1. The Morgan fingerprint density at radius 3 is 2.45 bits per heavy atom. The van der Waals surface area contributed by atoms with E-state index in [-0.39, 0.29) is 22.9 Å². The number of amidine groups is 2. The Kier molecular flexibility index (Phi) is 7.93. The van der Waals surface area contributed by atoms with Gasteiger partial charge in [0.25, 0.3) is 5.91 Å². The van der Waals surface area contributed by atoms with Gasteiger partial charge in [-0.05, 0) is 51.0 Å². The van der Waals surface area contributed by atoms with E-state index in [0.717, 1.165) is 21.8 Å². The van der Waals surface area contributed by atoms with Crippen molar-refractivity contribution in [3.8, 4) is 0 Å². The van der Waals surface area contributed by atoms with Crippen LogP contribution < -0.4 is 5.32 Å². The first-order valence-corrected chi connectivity index (χ1v) is 11.2. The van der Waals surface area contributed by atoms with Crippen LogP contribution in [0, 0.1) is 4.78 Å². The summed E-state index contributed by atoms with van der Waals surface area (Å²) in [4.78, 5) is 24.5. The van der Waals surface area contributed by atoms with Crippen LogP contribution in [0.25, 0.3) is 0 Å². The molecule has 1 aromatic carbocycles. The molecule has 29 heavy (non-hydrogen) atoms. The minimum absolute atomic E-state index is 0.101. The average Bonchev–Trinajstić information content (AvgIpc) is 2.66. The van der Waals surface area contributed by atoms with Gasteiger partial charge in [0.2, 0.25) is 0 Å².